The molecule has 0 radical (unpaired) electrons. The monoisotopic (exact) mass is 258 g/mol. The number of ether oxygens (including phenoxy) is 1. The first kappa shape index (κ1) is 12.9. The summed E-state index contributed by atoms with van der Waals surface area (Å²) in [7, 11) is 0. The van der Waals surface area contributed by atoms with Crippen molar-refractivity contribution in [2.45, 2.75) is 25.4 Å². The molecule has 1 atom stereocenters. The molecule has 7 heteroatoms. The number of hydrogen-bond donors (Lipinski definition) is 2. The second-order valence-electron chi connectivity index (χ2n) is 4.37. The Hall–Kier alpha value is -1.50. The fourth-order valence-corrected chi connectivity index (χ4v) is 1.63. The zero-order valence-corrected chi connectivity index (χ0v) is 10.1. The molecule has 1 saturated heterocycles. The highest BCUT2D eigenvalue weighted by Gasteiger charge is 2.21. The first-order valence-electron chi connectivity index (χ1n) is 5.85. The van der Waals surface area contributed by atoms with Crippen LogP contribution in [0.15, 0.2) is 12.3 Å². The molecule has 1 aliphatic rings. The highest BCUT2D eigenvalue weighted by Crippen LogP contribution is 2.15. The summed E-state index contributed by atoms with van der Waals surface area (Å²) >= 11 is 0. The fourth-order valence-electron chi connectivity index (χ4n) is 1.63. The summed E-state index contributed by atoms with van der Waals surface area (Å²) in [5.74, 6) is -2.24. The van der Waals surface area contributed by atoms with E-state index in [2.05, 4.69) is 20.6 Å². The van der Waals surface area contributed by atoms with E-state index in [1.165, 1.54) is 6.20 Å². The average molecular weight is 258 g/mol. The summed E-state index contributed by atoms with van der Waals surface area (Å²) < 4.78 is 31.0. The lowest BCUT2D eigenvalue weighted by molar-refractivity contribution is 0.0365. The average Bonchev–Trinajstić information content (AvgIpc) is 2.79. The number of hydrogen-bond acceptors (Lipinski definition) is 5. The maximum absolute atomic E-state index is 12.7. The van der Waals surface area contributed by atoms with E-state index in [-0.39, 0.29) is 12.1 Å². The number of alkyl halides is 2. The van der Waals surface area contributed by atoms with Crippen molar-refractivity contribution in [1.29, 1.82) is 0 Å². The van der Waals surface area contributed by atoms with Crippen LogP contribution in [0.25, 0.3) is 0 Å². The van der Waals surface area contributed by atoms with E-state index < -0.39 is 12.5 Å². The van der Waals surface area contributed by atoms with Gasteiger partial charge in [-0.1, -0.05) is 0 Å². The predicted octanol–water partition coefficient (Wildman–Crippen LogP) is 1.28. The Kier molecular flexibility index (Phi) is 3.90. The molecule has 18 heavy (non-hydrogen) atoms. The summed E-state index contributed by atoms with van der Waals surface area (Å²) in [6.07, 6.45) is 2.49. The Balaban J connectivity index is 1.92. The van der Waals surface area contributed by atoms with Gasteiger partial charge < -0.3 is 15.4 Å². The molecule has 2 N–H and O–H groups in total. The van der Waals surface area contributed by atoms with Gasteiger partial charge in [-0.25, -0.2) is 13.8 Å². The van der Waals surface area contributed by atoms with Crippen molar-refractivity contribution >= 4 is 5.95 Å². The van der Waals surface area contributed by atoms with Crippen molar-refractivity contribution < 1.29 is 13.5 Å². The zero-order valence-electron chi connectivity index (χ0n) is 10.1. The molecule has 0 bridgehead atoms. The SMILES string of the molecule is CC(F)(F)CNc1nccc(OC2CCNC2)n1. The minimum atomic E-state index is -2.80. The molecular formula is C11H16F2N4O. The van der Waals surface area contributed by atoms with Crippen LogP contribution in [0.1, 0.15) is 13.3 Å². The summed E-state index contributed by atoms with van der Waals surface area (Å²) in [4.78, 5) is 7.90. The molecular weight excluding hydrogens is 242 g/mol. The van der Waals surface area contributed by atoms with E-state index in [4.69, 9.17) is 4.74 Å². The minimum Gasteiger partial charge on any atom is -0.473 e. The van der Waals surface area contributed by atoms with Gasteiger partial charge in [0, 0.05) is 25.7 Å². The lowest BCUT2D eigenvalue weighted by Gasteiger charge is -2.13. The molecule has 1 aromatic rings. The van der Waals surface area contributed by atoms with Crippen LogP contribution in [0.4, 0.5) is 14.7 Å². The number of rotatable bonds is 5. The Morgan fingerprint density at radius 1 is 1.61 bits per heavy atom. The van der Waals surface area contributed by atoms with E-state index in [1.807, 2.05) is 0 Å². The van der Waals surface area contributed by atoms with Crippen LogP contribution in [0.3, 0.4) is 0 Å². The highest BCUT2D eigenvalue weighted by atomic mass is 19.3. The van der Waals surface area contributed by atoms with Crippen molar-refractivity contribution in [3.05, 3.63) is 12.3 Å². The quantitative estimate of drug-likeness (QED) is 0.833. The van der Waals surface area contributed by atoms with Gasteiger partial charge in [0.25, 0.3) is 5.92 Å². The Bertz CT molecular complexity index is 391. The van der Waals surface area contributed by atoms with Crippen LogP contribution in [0.2, 0.25) is 0 Å². The summed E-state index contributed by atoms with van der Waals surface area (Å²) in [5, 5.41) is 5.65. The molecule has 1 fully saturated rings. The number of aromatic nitrogens is 2. The molecule has 100 valence electrons. The van der Waals surface area contributed by atoms with Crippen molar-refractivity contribution in [2.75, 3.05) is 25.0 Å². The van der Waals surface area contributed by atoms with Crippen LogP contribution < -0.4 is 15.4 Å². The number of halogens is 2. The van der Waals surface area contributed by atoms with Gasteiger partial charge in [-0.3, -0.25) is 0 Å². The molecule has 0 aliphatic carbocycles. The van der Waals surface area contributed by atoms with Crippen LogP contribution in [-0.2, 0) is 0 Å². The third kappa shape index (κ3) is 4.06. The van der Waals surface area contributed by atoms with Gasteiger partial charge in [-0.15, -0.1) is 0 Å². The van der Waals surface area contributed by atoms with Crippen LogP contribution in [-0.4, -0.2) is 41.6 Å². The normalized spacial score (nSPS) is 19.8. The van der Waals surface area contributed by atoms with Crippen LogP contribution in [0, 0.1) is 0 Å². The molecule has 1 aliphatic heterocycles. The van der Waals surface area contributed by atoms with E-state index in [1.54, 1.807) is 6.07 Å². The van der Waals surface area contributed by atoms with Gasteiger partial charge in [0.2, 0.25) is 11.8 Å². The van der Waals surface area contributed by atoms with Gasteiger partial charge in [0.05, 0.1) is 6.54 Å². The Labute approximate surface area is 104 Å². The van der Waals surface area contributed by atoms with Crippen molar-refractivity contribution in [1.82, 2.24) is 15.3 Å². The van der Waals surface area contributed by atoms with E-state index >= 15 is 0 Å². The topological polar surface area (TPSA) is 59.1 Å². The number of anilines is 1. The van der Waals surface area contributed by atoms with E-state index in [0.29, 0.717) is 5.88 Å². The first-order chi connectivity index (χ1) is 8.53. The maximum Gasteiger partial charge on any atom is 0.262 e. The molecule has 2 rings (SSSR count). The minimum absolute atomic E-state index is 0.0837. The van der Waals surface area contributed by atoms with Crippen LogP contribution >= 0.6 is 0 Å². The summed E-state index contributed by atoms with van der Waals surface area (Å²) in [6, 6.07) is 1.62. The Morgan fingerprint density at radius 3 is 3.11 bits per heavy atom. The first-order valence-corrected chi connectivity index (χ1v) is 5.85. The lowest BCUT2D eigenvalue weighted by Crippen LogP contribution is -2.24. The van der Waals surface area contributed by atoms with Gasteiger partial charge >= 0.3 is 0 Å². The maximum atomic E-state index is 12.7. The van der Waals surface area contributed by atoms with Crippen molar-refractivity contribution in [3.8, 4) is 5.88 Å². The third-order valence-corrected chi connectivity index (χ3v) is 2.49. The third-order valence-electron chi connectivity index (χ3n) is 2.49. The summed E-state index contributed by atoms with van der Waals surface area (Å²) in [5.41, 5.74) is 0. The molecule has 0 saturated carbocycles. The standard InChI is InChI=1S/C11H16F2N4O/c1-11(12,13)7-16-10-15-5-3-9(17-10)18-8-2-4-14-6-8/h3,5,8,14H,2,4,6-7H2,1H3,(H,15,16,17). The van der Waals surface area contributed by atoms with Crippen molar-refractivity contribution in [2.24, 2.45) is 0 Å². The van der Waals surface area contributed by atoms with Crippen molar-refractivity contribution in [3.63, 3.8) is 0 Å². The molecule has 2 heterocycles. The summed E-state index contributed by atoms with van der Waals surface area (Å²) in [6.45, 7) is 2.04. The van der Waals surface area contributed by atoms with Gasteiger partial charge in [0.1, 0.15) is 6.10 Å². The predicted molar refractivity (Wildman–Crippen MR) is 63.0 cm³/mol. The fraction of sp³-hybridized carbons (Fsp3) is 0.636. The van der Waals surface area contributed by atoms with Gasteiger partial charge in [-0.2, -0.15) is 4.98 Å². The second kappa shape index (κ2) is 5.43. The molecule has 1 aromatic heterocycles. The highest BCUT2D eigenvalue weighted by molar-refractivity contribution is 5.27. The molecule has 0 aromatic carbocycles. The number of nitrogens with one attached hydrogen (secondary N) is 2. The lowest BCUT2D eigenvalue weighted by atomic mass is 10.3. The van der Waals surface area contributed by atoms with E-state index in [9.17, 15) is 8.78 Å². The molecule has 5 nitrogen and oxygen atoms in total. The molecule has 0 amide bonds. The van der Waals surface area contributed by atoms with E-state index in [0.717, 1.165) is 26.4 Å². The second-order valence-corrected chi connectivity index (χ2v) is 4.37. The molecule has 0 spiro atoms. The van der Waals surface area contributed by atoms with Gasteiger partial charge in [-0.05, 0) is 13.0 Å². The molecule has 1 unspecified atom stereocenters. The largest absolute Gasteiger partial charge is 0.473 e. The van der Waals surface area contributed by atoms with Gasteiger partial charge in [0.15, 0.2) is 0 Å². The Morgan fingerprint density at radius 2 is 2.44 bits per heavy atom. The number of nitrogens with zero attached hydrogens (tertiary/aromatic N) is 2. The zero-order chi connectivity index (χ0) is 13.0. The smallest absolute Gasteiger partial charge is 0.262 e. The van der Waals surface area contributed by atoms with Crippen LogP contribution in [0.5, 0.6) is 5.88 Å².